The zero-order valence-corrected chi connectivity index (χ0v) is 12.6. The molecule has 1 aromatic heterocycles. The van der Waals surface area contributed by atoms with E-state index >= 15 is 0 Å². The Hall–Kier alpha value is -1.70. The van der Waals surface area contributed by atoms with Crippen molar-refractivity contribution in [3.05, 3.63) is 23.2 Å². The lowest BCUT2D eigenvalue weighted by atomic mass is 10.2. The highest BCUT2D eigenvalue weighted by atomic mass is 35.5. The molecule has 2 N–H and O–H groups in total. The average molecular weight is 312 g/mol. The van der Waals surface area contributed by atoms with Gasteiger partial charge in [-0.15, -0.1) is 5.10 Å². The highest BCUT2D eigenvalue weighted by molar-refractivity contribution is 6.33. The maximum absolute atomic E-state index is 6.18. The van der Waals surface area contributed by atoms with Crippen molar-refractivity contribution in [2.75, 3.05) is 32.7 Å². The van der Waals surface area contributed by atoms with Crippen molar-refractivity contribution in [2.45, 2.75) is 13.0 Å². The van der Waals surface area contributed by atoms with E-state index in [0.717, 1.165) is 12.0 Å². The molecule has 0 bridgehead atoms. The zero-order valence-electron chi connectivity index (χ0n) is 11.8. The van der Waals surface area contributed by atoms with E-state index < -0.39 is 0 Å². The van der Waals surface area contributed by atoms with Crippen molar-refractivity contribution in [3.63, 3.8) is 0 Å². The third kappa shape index (κ3) is 4.38. The van der Waals surface area contributed by atoms with Crippen LogP contribution in [0.5, 0.6) is 0 Å². The van der Waals surface area contributed by atoms with Crippen LogP contribution in [-0.4, -0.2) is 47.1 Å². The molecule has 2 rings (SSSR count). The first-order chi connectivity index (χ1) is 10.2. The van der Waals surface area contributed by atoms with Crippen molar-refractivity contribution in [2.24, 2.45) is 0 Å². The molecule has 0 aliphatic rings. The summed E-state index contributed by atoms with van der Waals surface area (Å²) in [6.07, 6.45) is 0.800. The number of aromatic nitrogens is 4. The number of nitrogen functional groups attached to an aromatic ring is 1. The van der Waals surface area contributed by atoms with Gasteiger partial charge in [-0.2, -0.15) is 0 Å². The number of hydrogen-bond donors (Lipinski definition) is 1. The van der Waals surface area contributed by atoms with Gasteiger partial charge in [-0.25, -0.2) is 4.68 Å². The Morgan fingerprint density at radius 1 is 1.29 bits per heavy atom. The van der Waals surface area contributed by atoms with Gasteiger partial charge in [0.05, 0.1) is 18.2 Å². The second kappa shape index (κ2) is 7.92. The summed E-state index contributed by atoms with van der Waals surface area (Å²) in [5.41, 5.74) is 7.05. The SMILES string of the molecule is COCCOCCCn1nnnc1-c1ccc(N)cc1Cl. The smallest absolute Gasteiger partial charge is 0.183 e. The third-order valence-electron chi connectivity index (χ3n) is 2.86. The van der Waals surface area contributed by atoms with Crippen LogP contribution in [0, 0.1) is 0 Å². The molecule has 0 amide bonds. The Morgan fingerprint density at radius 3 is 2.90 bits per heavy atom. The molecule has 0 aliphatic heterocycles. The summed E-state index contributed by atoms with van der Waals surface area (Å²) in [4.78, 5) is 0. The maximum Gasteiger partial charge on any atom is 0.183 e. The summed E-state index contributed by atoms with van der Waals surface area (Å²) >= 11 is 6.18. The molecular weight excluding hydrogens is 294 g/mol. The zero-order chi connectivity index (χ0) is 15.1. The fourth-order valence-electron chi connectivity index (χ4n) is 1.82. The molecule has 0 fully saturated rings. The predicted molar refractivity (Wildman–Crippen MR) is 80.0 cm³/mol. The molecule has 2 aromatic rings. The fourth-order valence-corrected chi connectivity index (χ4v) is 2.10. The number of hydrogen-bond acceptors (Lipinski definition) is 6. The summed E-state index contributed by atoms with van der Waals surface area (Å²) < 4.78 is 12.0. The standard InChI is InChI=1S/C13H18ClN5O2/c1-20-7-8-21-6-2-5-19-13(16-17-18-19)11-4-3-10(15)9-12(11)14/h3-4,9H,2,5-8,15H2,1H3. The average Bonchev–Trinajstić information content (AvgIpc) is 2.91. The van der Waals surface area contributed by atoms with Crippen LogP contribution in [-0.2, 0) is 16.0 Å². The van der Waals surface area contributed by atoms with Crippen LogP contribution in [0.15, 0.2) is 18.2 Å². The van der Waals surface area contributed by atoms with Crippen LogP contribution >= 0.6 is 11.6 Å². The molecule has 0 saturated carbocycles. The fraction of sp³-hybridized carbons (Fsp3) is 0.462. The minimum atomic E-state index is 0.530. The highest BCUT2D eigenvalue weighted by Gasteiger charge is 2.12. The van der Waals surface area contributed by atoms with Gasteiger partial charge >= 0.3 is 0 Å². The van der Waals surface area contributed by atoms with Crippen LogP contribution in [0.1, 0.15) is 6.42 Å². The number of tetrazole rings is 1. The van der Waals surface area contributed by atoms with E-state index in [1.165, 1.54) is 0 Å². The van der Waals surface area contributed by atoms with Gasteiger partial charge < -0.3 is 15.2 Å². The van der Waals surface area contributed by atoms with E-state index in [1.807, 2.05) is 6.07 Å². The van der Waals surface area contributed by atoms with E-state index in [-0.39, 0.29) is 0 Å². The van der Waals surface area contributed by atoms with E-state index in [2.05, 4.69) is 15.5 Å². The molecule has 114 valence electrons. The summed E-state index contributed by atoms with van der Waals surface area (Å²) in [6.45, 7) is 2.45. The molecule has 0 radical (unpaired) electrons. The molecule has 21 heavy (non-hydrogen) atoms. The highest BCUT2D eigenvalue weighted by Crippen LogP contribution is 2.27. The summed E-state index contributed by atoms with van der Waals surface area (Å²) in [6, 6.07) is 5.27. The summed E-state index contributed by atoms with van der Waals surface area (Å²) in [7, 11) is 1.65. The maximum atomic E-state index is 6.18. The lowest BCUT2D eigenvalue weighted by Crippen LogP contribution is -2.08. The van der Waals surface area contributed by atoms with E-state index in [0.29, 0.717) is 42.9 Å². The molecule has 8 heteroatoms. The number of ether oxygens (including phenoxy) is 2. The monoisotopic (exact) mass is 311 g/mol. The van der Waals surface area contributed by atoms with Gasteiger partial charge in [-0.1, -0.05) is 11.6 Å². The molecule has 0 spiro atoms. The first kappa shape index (κ1) is 15.7. The Kier molecular flexibility index (Phi) is 5.91. The van der Waals surface area contributed by atoms with E-state index in [1.54, 1.807) is 23.9 Å². The van der Waals surface area contributed by atoms with Gasteiger partial charge in [0.25, 0.3) is 0 Å². The van der Waals surface area contributed by atoms with Gasteiger partial charge in [0, 0.05) is 31.5 Å². The largest absolute Gasteiger partial charge is 0.399 e. The molecule has 1 heterocycles. The Balaban J connectivity index is 1.95. The third-order valence-corrected chi connectivity index (χ3v) is 3.17. The topological polar surface area (TPSA) is 88.1 Å². The van der Waals surface area contributed by atoms with Crippen molar-refractivity contribution >= 4 is 17.3 Å². The minimum absolute atomic E-state index is 0.530. The number of nitrogens with two attached hydrogens (primary N) is 1. The van der Waals surface area contributed by atoms with Crippen molar-refractivity contribution < 1.29 is 9.47 Å². The van der Waals surface area contributed by atoms with Crippen LogP contribution in [0.2, 0.25) is 5.02 Å². The first-order valence-electron chi connectivity index (χ1n) is 6.60. The van der Waals surface area contributed by atoms with Crippen molar-refractivity contribution in [1.29, 1.82) is 0 Å². The van der Waals surface area contributed by atoms with Crippen LogP contribution in [0.4, 0.5) is 5.69 Å². The van der Waals surface area contributed by atoms with Gasteiger partial charge in [-0.05, 0) is 35.0 Å². The number of aryl methyl sites for hydroxylation is 1. The number of benzene rings is 1. The van der Waals surface area contributed by atoms with E-state index in [9.17, 15) is 0 Å². The van der Waals surface area contributed by atoms with Crippen molar-refractivity contribution in [3.8, 4) is 11.4 Å². The van der Waals surface area contributed by atoms with Crippen LogP contribution in [0.25, 0.3) is 11.4 Å². The van der Waals surface area contributed by atoms with E-state index in [4.69, 9.17) is 26.8 Å². The Labute approximate surface area is 128 Å². The Bertz CT molecular complexity index is 575. The Morgan fingerprint density at radius 2 is 2.14 bits per heavy atom. The lowest BCUT2D eigenvalue weighted by molar-refractivity contribution is 0.0677. The van der Waals surface area contributed by atoms with Gasteiger partial charge in [0.1, 0.15) is 0 Å². The minimum Gasteiger partial charge on any atom is -0.399 e. The number of halogens is 1. The molecule has 0 unspecified atom stereocenters. The predicted octanol–water partition coefficient (Wildman–Crippen LogP) is 1.63. The van der Waals surface area contributed by atoms with Gasteiger partial charge in [0.2, 0.25) is 0 Å². The molecule has 1 aromatic carbocycles. The summed E-state index contributed by atoms with van der Waals surface area (Å²) in [5.74, 6) is 0.622. The molecule has 0 atom stereocenters. The summed E-state index contributed by atoms with van der Waals surface area (Å²) in [5, 5.41) is 12.2. The van der Waals surface area contributed by atoms with Gasteiger partial charge in [-0.3, -0.25) is 0 Å². The number of methoxy groups -OCH3 is 1. The number of nitrogens with zero attached hydrogens (tertiary/aromatic N) is 4. The molecule has 7 nitrogen and oxygen atoms in total. The molecule has 0 saturated heterocycles. The molecular formula is C13H18ClN5O2. The quantitative estimate of drug-likeness (QED) is 0.589. The number of rotatable bonds is 8. The van der Waals surface area contributed by atoms with Gasteiger partial charge in [0.15, 0.2) is 5.82 Å². The first-order valence-corrected chi connectivity index (χ1v) is 6.98. The normalized spacial score (nSPS) is 11.0. The lowest BCUT2D eigenvalue weighted by Gasteiger charge is -2.07. The second-order valence-electron chi connectivity index (χ2n) is 4.42. The molecule has 0 aliphatic carbocycles. The van der Waals surface area contributed by atoms with Crippen LogP contribution < -0.4 is 5.73 Å². The second-order valence-corrected chi connectivity index (χ2v) is 4.83. The van der Waals surface area contributed by atoms with Crippen LogP contribution in [0.3, 0.4) is 0 Å². The number of anilines is 1. The van der Waals surface area contributed by atoms with Crippen molar-refractivity contribution in [1.82, 2.24) is 20.2 Å².